The van der Waals surface area contributed by atoms with Gasteiger partial charge in [-0.15, -0.1) is 0 Å². The van der Waals surface area contributed by atoms with Crippen LogP contribution >= 0.6 is 0 Å². The molecule has 1 aliphatic carbocycles. The highest BCUT2D eigenvalue weighted by atomic mass is 16.5. The van der Waals surface area contributed by atoms with Gasteiger partial charge >= 0.3 is 5.97 Å². The number of hydrogen-bond donors (Lipinski definition) is 2. The zero-order chi connectivity index (χ0) is 15.5. The summed E-state index contributed by atoms with van der Waals surface area (Å²) < 4.78 is 5.54. The minimum atomic E-state index is -0.774. The summed E-state index contributed by atoms with van der Waals surface area (Å²) in [4.78, 5) is 24.0. The Kier molecular flexibility index (Phi) is 5.25. The highest BCUT2D eigenvalue weighted by Gasteiger charge is 2.42. The van der Waals surface area contributed by atoms with Gasteiger partial charge in [0.2, 0.25) is 5.91 Å². The molecule has 0 bridgehead atoms. The first-order valence-corrected chi connectivity index (χ1v) is 8.11. The number of carboxylic acids is 1. The lowest BCUT2D eigenvalue weighted by molar-refractivity contribution is -0.151. The summed E-state index contributed by atoms with van der Waals surface area (Å²) in [6, 6.07) is 0. The molecule has 2 unspecified atom stereocenters. The molecule has 2 fully saturated rings. The van der Waals surface area contributed by atoms with Gasteiger partial charge in [0.05, 0.1) is 17.4 Å². The van der Waals surface area contributed by atoms with Gasteiger partial charge in [-0.1, -0.05) is 13.8 Å². The van der Waals surface area contributed by atoms with Crippen LogP contribution in [-0.2, 0) is 14.3 Å². The Hall–Kier alpha value is -1.10. The zero-order valence-corrected chi connectivity index (χ0v) is 13.1. The Balaban J connectivity index is 1.93. The average molecular weight is 297 g/mol. The quantitative estimate of drug-likeness (QED) is 0.815. The third-order valence-electron chi connectivity index (χ3n) is 5.23. The third kappa shape index (κ3) is 3.57. The van der Waals surface area contributed by atoms with Crippen molar-refractivity contribution in [3.63, 3.8) is 0 Å². The molecule has 0 aromatic heterocycles. The van der Waals surface area contributed by atoms with Crippen LogP contribution in [0.1, 0.15) is 52.4 Å². The minimum Gasteiger partial charge on any atom is -0.481 e. The van der Waals surface area contributed by atoms with E-state index in [1.165, 1.54) is 0 Å². The summed E-state index contributed by atoms with van der Waals surface area (Å²) in [5.41, 5.74) is -0.774. The number of carboxylic acid groups (broad SMARTS) is 1. The van der Waals surface area contributed by atoms with Gasteiger partial charge in [-0.2, -0.15) is 0 Å². The number of nitrogens with one attached hydrogen (secondary N) is 1. The molecule has 1 saturated heterocycles. The number of carbonyl (C=O) groups excluding carboxylic acids is 1. The predicted molar refractivity (Wildman–Crippen MR) is 78.8 cm³/mol. The van der Waals surface area contributed by atoms with Crippen LogP contribution in [0.5, 0.6) is 0 Å². The first-order chi connectivity index (χ1) is 9.98. The molecule has 1 aliphatic heterocycles. The van der Waals surface area contributed by atoms with E-state index in [4.69, 9.17) is 4.74 Å². The van der Waals surface area contributed by atoms with Crippen molar-refractivity contribution in [2.24, 2.45) is 17.3 Å². The molecular formula is C16H27NO4. The zero-order valence-electron chi connectivity index (χ0n) is 13.1. The van der Waals surface area contributed by atoms with Gasteiger partial charge in [0.15, 0.2) is 0 Å². The molecular weight excluding hydrogens is 270 g/mol. The van der Waals surface area contributed by atoms with E-state index in [9.17, 15) is 14.7 Å². The molecule has 0 aromatic carbocycles. The van der Waals surface area contributed by atoms with Gasteiger partial charge in [-0.25, -0.2) is 0 Å². The van der Waals surface area contributed by atoms with E-state index in [1.807, 2.05) is 6.92 Å². The van der Waals surface area contributed by atoms with Crippen LogP contribution in [0.4, 0.5) is 0 Å². The molecule has 2 rings (SSSR count). The summed E-state index contributed by atoms with van der Waals surface area (Å²) in [5.74, 6) is -0.354. The molecule has 2 N–H and O–H groups in total. The predicted octanol–water partition coefficient (Wildman–Crippen LogP) is 2.20. The highest BCUT2D eigenvalue weighted by Crippen LogP contribution is 2.38. The van der Waals surface area contributed by atoms with Crippen LogP contribution in [0.3, 0.4) is 0 Å². The van der Waals surface area contributed by atoms with E-state index in [0.29, 0.717) is 25.4 Å². The van der Waals surface area contributed by atoms with Crippen molar-refractivity contribution in [1.29, 1.82) is 0 Å². The molecule has 0 spiro atoms. The Morgan fingerprint density at radius 2 is 1.95 bits per heavy atom. The fourth-order valence-electron chi connectivity index (χ4n) is 3.52. The van der Waals surface area contributed by atoms with Gasteiger partial charge in [0.1, 0.15) is 0 Å². The SMILES string of the molecule is CCC1OCCC1C(=O)NCC1(C(=O)O)CCC(C)CC1. The second kappa shape index (κ2) is 6.77. The van der Waals surface area contributed by atoms with Crippen LogP contribution in [-0.4, -0.2) is 36.2 Å². The second-order valence-electron chi connectivity index (χ2n) is 6.70. The maximum atomic E-state index is 12.3. The van der Waals surface area contributed by atoms with Gasteiger partial charge in [-0.3, -0.25) is 9.59 Å². The van der Waals surface area contributed by atoms with Crippen LogP contribution < -0.4 is 5.32 Å². The number of aliphatic carboxylic acids is 1. The fourth-order valence-corrected chi connectivity index (χ4v) is 3.52. The fraction of sp³-hybridized carbons (Fsp3) is 0.875. The van der Waals surface area contributed by atoms with Crippen molar-refractivity contribution < 1.29 is 19.4 Å². The summed E-state index contributed by atoms with van der Waals surface area (Å²) in [6.07, 6.45) is 4.70. The molecule has 120 valence electrons. The summed E-state index contributed by atoms with van der Waals surface area (Å²) in [7, 11) is 0. The highest BCUT2D eigenvalue weighted by molar-refractivity contribution is 5.81. The number of carbonyl (C=O) groups is 2. The van der Waals surface area contributed by atoms with E-state index >= 15 is 0 Å². The van der Waals surface area contributed by atoms with E-state index in [0.717, 1.165) is 25.7 Å². The molecule has 0 aromatic rings. The topological polar surface area (TPSA) is 75.6 Å². The number of amides is 1. The molecule has 1 saturated carbocycles. The normalized spacial score (nSPS) is 36.4. The van der Waals surface area contributed by atoms with E-state index < -0.39 is 11.4 Å². The average Bonchev–Trinajstić information content (AvgIpc) is 2.95. The molecule has 5 heteroatoms. The Morgan fingerprint density at radius 3 is 2.52 bits per heavy atom. The van der Waals surface area contributed by atoms with E-state index in [1.54, 1.807) is 0 Å². The standard InChI is InChI=1S/C16H27NO4/c1-3-13-12(6-9-21-13)14(18)17-10-16(15(19)20)7-4-11(2)5-8-16/h11-13H,3-10H2,1-2H3,(H,17,18)(H,19,20). The van der Waals surface area contributed by atoms with Gasteiger partial charge in [0, 0.05) is 13.2 Å². The van der Waals surface area contributed by atoms with Crippen molar-refractivity contribution >= 4 is 11.9 Å². The molecule has 0 radical (unpaired) electrons. The van der Waals surface area contributed by atoms with Crippen molar-refractivity contribution in [3.05, 3.63) is 0 Å². The number of ether oxygens (including phenoxy) is 1. The van der Waals surface area contributed by atoms with E-state index in [-0.39, 0.29) is 24.5 Å². The van der Waals surface area contributed by atoms with Crippen molar-refractivity contribution in [3.8, 4) is 0 Å². The van der Waals surface area contributed by atoms with Crippen molar-refractivity contribution in [2.75, 3.05) is 13.2 Å². The molecule has 2 aliphatic rings. The number of rotatable bonds is 5. The maximum absolute atomic E-state index is 12.3. The van der Waals surface area contributed by atoms with Crippen molar-refractivity contribution in [1.82, 2.24) is 5.32 Å². The van der Waals surface area contributed by atoms with Gasteiger partial charge in [-0.05, 0) is 44.4 Å². The van der Waals surface area contributed by atoms with Crippen LogP contribution in [0.25, 0.3) is 0 Å². The summed E-state index contributed by atoms with van der Waals surface area (Å²) in [6.45, 7) is 5.04. The minimum absolute atomic E-state index is 0.0165. The monoisotopic (exact) mass is 297 g/mol. The van der Waals surface area contributed by atoms with Gasteiger partial charge in [0.25, 0.3) is 0 Å². The third-order valence-corrected chi connectivity index (χ3v) is 5.23. The molecule has 21 heavy (non-hydrogen) atoms. The lowest BCUT2D eigenvalue weighted by Gasteiger charge is -2.36. The van der Waals surface area contributed by atoms with E-state index in [2.05, 4.69) is 12.2 Å². The van der Waals surface area contributed by atoms with Crippen LogP contribution in [0, 0.1) is 17.3 Å². The van der Waals surface area contributed by atoms with Crippen molar-refractivity contribution in [2.45, 2.75) is 58.5 Å². The van der Waals surface area contributed by atoms with Gasteiger partial charge < -0.3 is 15.2 Å². The first-order valence-electron chi connectivity index (χ1n) is 8.11. The molecule has 2 atom stereocenters. The molecule has 1 amide bonds. The lowest BCUT2D eigenvalue weighted by Crippen LogP contribution is -2.47. The second-order valence-corrected chi connectivity index (χ2v) is 6.70. The number of hydrogen-bond acceptors (Lipinski definition) is 3. The Morgan fingerprint density at radius 1 is 1.29 bits per heavy atom. The smallest absolute Gasteiger partial charge is 0.311 e. The first kappa shape index (κ1) is 16.3. The molecule has 1 heterocycles. The van der Waals surface area contributed by atoms with Crippen LogP contribution in [0.2, 0.25) is 0 Å². The summed E-state index contributed by atoms with van der Waals surface area (Å²) >= 11 is 0. The largest absolute Gasteiger partial charge is 0.481 e. The summed E-state index contributed by atoms with van der Waals surface area (Å²) in [5, 5.41) is 12.5. The maximum Gasteiger partial charge on any atom is 0.311 e. The Bertz CT molecular complexity index is 388. The Labute approximate surface area is 126 Å². The van der Waals surface area contributed by atoms with Crippen LogP contribution in [0.15, 0.2) is 0 Å². The molecule has 5 nitrogen and oxygen atoms in total. The lowest BCUT2D eigenvalue weighted by atomic mass is 9.70.